The minimum Gasteiger partial charge on any atom is -0.338 e. The molecule has 1 aromatic rings. The molecule has 4 nitrogen and oxygen atoms in total. The van der Waals surface area contributed by atoms with Crippen LogP contribution in [0.4, 0.5) is 13.2 Å². The second-order valence-electron chi connectivity index (χ2n) is 4.21. The van der Waals surface area contributed by atoms with Crippen molar-refractivity contribution in [3.8, 4) is 0 Å². The van der Waals surface area contributed by atoms with Gasteiger partial charge in [0, 0.05) is 12.4 Å². The molecule has 1 unspecified atom stereocenters. The van der Waals surface area contributed by atoms with Crippen LogP contribution in [0.25, 0.3) is 0 Å². The molecule has 0 aromatic carbocycles. The van der Waals surface area contributed by atoms with Gasteiger partial charge < -0.3 is 10.6 Å². The summed E-state index contributed by atoms with van der Waals surface area (Å²) in [6.45, 7) is 1.95. The van der Waals surface area contributed by atoms with E-state index in [9.17, 15) is 18.0 Å². The number of nitrogens with two attached hydrogens (primary N) is 1. The summed E-state index contributed by atoms with van der Waals surface area (Å²) in [6.07, 6.45) is -3.12. The van der Waals surface area contributed by atoms with Crippen molar-refractivity contribution in [2.45, 2.75) is 38.5 Å². The highest BCUT2D eigenvalue weighted by Crippen LogP contribution is 2.30. The molecule has 0 aliphatic rings. The van der Waals surface area contributed by atoms with Crippen molar-refractivity contribution in [2.24, 2.45) is 5.73 Å². The fraction of sp³-hybridized carbons (Fsp3) is 0.636. The van der Waals surface area contributed by atoms with E-state index in [4.69, 9.17) is 5.73 Å². The van der Waals surface area contributed by atoms with Gasteiger partial charge in [0.15, 0.2) is 5.69 Å². The van der Waals surface area contributed by atoms with E-state index in [1.165, 1.54) is 11.9 Å². The summed E-state index contributed by atoms with van der Waals surface area (Å²) in [5.74, 6) is -0.286. The molecule has 1 heterocycles. The summed E-state index contributed by atoms with van der Waals surface area (Å²) in [5.41, 5.74) is 4.74. The van der Waals surface area contributed by atoms with Crippen molar-refractivity contribution >= 4 is 29.7 Å². The van der Waals surface area contributed by atoms with Gasteiger partial charge in [-0.2, -0.15) is 13.2 Å². The van der Waals surface area contributed by atoms with Crippen LogP contribution >= 0.6 is 23.7 Å². The Kier molecular flexibility index (Phi) is 7.46. The third-order valence-electron chi connectivity index (χ3n) is 2.51. The summed E-state index contributed by atoms with van der Waals surface area (Å²) < 4.78 is 37.1. The Labute approximate surface area is 125 Å². The first-order valence-corrected chi connectivity index (χ1v) is 6.65. The third-order valence-corrected chi connectivity index (χ3v) is 3.34. The second-order valence-corrected chi connectivity index (χ2v) is 5.16. The van der Waals surface area contributed by atoms with Crippen LogP contribution in [0.1, 0.15) is 30.5 Å². The van der Waals surface area contributed by atoms with Crippen LogP contribution in [0.15, 0.2) is 5.38 Å². The van der Waals surface area contributed by atoms with Crippen LogP contribution < -0.4 is 5.73 Å². The highest BCUT2D eigenvalue weighted by atomic mass is 35.5. The van der Waals surface area contributed by atoms with Crippen molar-refractivity contribution in [1.82, 2.24) is 9.88 Å². The SMILES string of the molecule is CCCC(N)C(=O)N(C)Cc1nc(C(F)(F)F)cs1.Cl. The average Bonchev–Trinajstić information content (AvgIpc) is 2.76. The average molecular weight is 332 g/mol. The van der Waals surface area contributed by atoms with E-state index in [-0.39, 0.29) is 29.9 Å². The monoisotopic (exact) mass is 331 g/mol. The molecule has 1 amide bonds. The number of carbonyl (C=O) groups is 1. The standard InChI is InChI=1S/C11H16F3N3OS.ClH/c1-3-4-7(15)10(18)17(2)5-9-16-8(6-19-9)11(12,13)14;/h6-7H,3-5,15H2,1-2H3;1H. The van der Waals surface area contributed by atoms with Crippen molar-refractivity contribution in [1.29, 1.82) is 0 Å². The molecule has 0 fully saturated rings. The van der Waals surface area contributed by atoms with Crippen molar-refractivity contribution in [2.75, 3.05) is 7.05 Å². The first-order chi connectivity index (χ1) is 8.75. The molecule has 0 aliphatic heterocycles. The highest BCUT2D eigenvalue weighted by Gasteiger charge is 2.33. The Balaban J connectivity index is 0.00000361. The first-order valence-electron chi connectivity index (χ1n) is 5.77. The number of hydrogen-bond donors (Lipinski definition) is 1. The molecule has 20 heavy (non-hydrogen) atoms. The molecule has 0 spiro atoms. The molecular formula is C11H17ClF3N3OS. The van der Waals surface area contributed by atoms with Crippen LogP contribution in [0.5, 0.6) is 0 Å². The summed E-state index contributed by atoms with van der Waals surface area (Å²) in [4.78, 5) is 16.6. The lowest BCUT2D eigenvalue weighted by molar-refractivity contribution is -0.140. The number of hydrogen-bond acceptors (Lipinski definition) is 4. The molecule has 0 saturated carbocycles. The zero-order valence-electron chi connectivity index (χ0n) is 11.1. The Bertz CT molecular complexity index is 439. The quantitative estimate of drug-likeness (QED) is 0.902. The van der Waals surface area contributed by atoms with E-state index in [2.05, 4.69) is 4.98 Å². The van der Waals surface area contributed by atoms with Crippen molar-refractivity contribution < 1.29 is 18.0 Å². The Hall–Kier alpha value is -0.860. The van der Waals surface area contributed by atoms with Gasteiger partial charge >= 0.3 is 6.18 Å². The predicted molar refractivity (Wildman–Crippen MR) is 73.7 cm³/mol. The molecule has 9 heteroatoms. The number of rotatable bonds is 5. The molecule has 0 saturated heterocycles. The smallest absolute Gasteiger partial charge is 0.338 e. The lowest BCUT2D eigenvalue weighted by Gasteiger charge is -2.19. The molecule has 1 atom stereocenters. The topological polar surface area (TPSA) is 59.2 Å². The maximum Gasteiger partial charge on any atom is 0.434 e. The number of alkyl halides is 3. The van der Waals surface area contributed by atoms with E-state index in [0.717, 1.165) is 23.1 Å². The maximum atomic E-state index is 12.4. The largest absolute Gasteiger partial charge is 0.434 e. The Morgan fingerprint density at radius 3 is 2.60 bits per heavy atom. The molecule has 0 bridgehead atoms. The predicted octanol–water partition coefficient (Wildman–Crippen LogP) is 2.67. The zero-order chi connectivity index (χ0) is 14.6. The van der Waals surface area contributed by atoms with E-state index in [0.29, 0.717) is 6.42 Å². The van der Waals surface area contributed by atoms with Gasteiger partial charge in [-0.1, -0.05) is 13.3 Å². The number of amides is 1. The lowest BCUT2D eigenvalue weighted by atomic mass is 10.1. The fourth-order valence-corrected chi connectivity index (χ4v) is 2.37. The normalized spacial score (nSPS) is 12.7. The third kappa shape index (κ3) is 5.26. The van der Waals surface area contributed by atoms with E-state index in [1.54, 1.807) is 0 Å². The van der Waals surface area contributed by atoms with Crippen LogP contribution in [0.3, 0.4) is 0 Å². The van der Waals surface area contributed by atoms with Gasteiger partial charge in [-0.25, -0.2) is 4.98 Å². The molecule has 116 valence electrons. The highest BCUT2D eigenvalue weighted by molar-refractivity contribution is 7.09. The summed E-state index contributed by atoms with van der Waals surface area (Å²) in [7, 11) is 1.51. The number of halogens is 4. The van der Waals surface area contributed by atoms with Crippen molar-refractivity contribution in [3.05, 3.63) is 16.1 Å². The maximum absolute atomic E-state index is 12.4. The molecule has 1 rings (SSSR count). The lowest BCUT2D eigenvalue weighted by Crippen LogP contribution is -2.41. The van der Waals surface area contributed by atoms with Crippen LogP contribution in [0, 0.1) is 0 Å². The van der Waals surface area contributed by atoms with Gasteiger partial charge in [0.2, 0.25) is 5.91 Å². The van der Waals surface area contributed by atoms with Gasteiger partial charge in [0.25, 0.3) is 0 Å². The fourth-order valence-electron chi connectivity index (χ4n) is 1.51. The first kappa shape index (κ1) is 19.1. The summed E-state index contributed by atoms with van der Waals surface area (Å²) >= 11 is 0.881. The summed E-state index contributed by atoms with van der Waals surface area (Å²) in [6, 6.07) is -0.614. The van der Waals surface area contributed by atoms with Crippen LogP contribution in [0.2, 0.25) is 0 Å². The number of likely N-dealkylation sites (N-methyl/N-ethyl adjacent to an activating group) is 1. The molecule has 1 aromatic heterocycles. The number of nitrogens with zero attached hydrogens (tertiary/aromatic N) is 2. The minimum absolute atomic E-state index is 0. The van der Waals surface area contributed by atoms with Gasteiger partial charge in [0.1, 0.15) is 5.01 Å². The number of aromatic nitrogens is 1. The second kappa shape index (κ2) is 7.80. The van der Waals surface area contributed by atoms with E-state index < -0.39 is 17.9 Å². The van der Waals surface area contributed by atoms with Gasteiger partial charge in [-0.3, -0.25) is 4.79 Å². The minimum atomic E-state index is -4.45. The zero-order valence-corrected chi connectivity index (χ0v) is 12.7. The van der Waals surface area contributed by atoms with Crippen molar-refractivity contribution in [3.63, 3.8) is 0 Å². The van der Waals surface area contributed by atoms with Crippen LogP contribution in [-0.2, 0) is 17.5 Å². The summed E-state index contributed by atoms with van der Waals surface area (Å²) in [5, 5.41) is 1.19. The van der Waals surface area contributed by atoms with Gasteiger partial charge in [-0.15, -0.1) is 23.7 Å². The van der Waals surface area contributed by atoms with Gasteiger partial charge in [0.05, 0.1) is 12.6 Å². The molecule has 0 radical (unpaired) electrons. The number of carbonyl (C=O) groups excluding carboxylic acids is 1. The van der Waals surface area contributed by atoms with Crippen LogP contribution in [-0.4, -0.2) is 28.9 Å². The number of thiazole rings is 1. The molecular weight excluding hydrogens is 315 g/mol. The molecule has 2 N–H and O–H groups in total. The van der Waals surface area contributed by atoms with E-state index in [1.807, 2.05) is 6.92 Å². The Morgan fingerprint density at radius 1 is 1.55 bits per heavy atom. The molecule has 0 aliphatic carbocycles. The Morgan fingerprint density at radius 2 is 2.15 bits per heavy atom. The van der Waals surface area contributed by atoms with Gasteiger partial charge in [-0.05, 0) is 6.42 Å². The van der Waals surface area contributed by atoms with E-state index >= 15 is 0 Å².